The molecule has 0 aliphatic rings. The van der Waals surface area contributed by atoms with Crippen LogP contribution in [0.5, 0.6) is 0 Å². The summed E-state index contributed by atoms with van der Waals surface area (Å²) in [4.78, 5) is 11.6. The number of hydrogen-bond donors (Lipinski definition) is 1. The van der Waals surface area contributed by atoms with Gasteiger partial charge in [-0.3, -0.25) is 4.79 Å². The summed E-state index contributed by atoms with van der Waals surface area (Å²) in [5.41, 5.74) is 0. The maximum Gasteiger partial charge on any atom is 0.150 e. The molecule has 0 aromatic heterocycles. The third-order valence-corrected chi connectivity index (χ3v) is 1.93. The molecule has 0 saturated carbocycles. The third kappa shape index (κ3) is 3.86. The van der Waals surface area contributed by atoms with Crippen LogP contribution in [0.15, 0.2) is 0 Å². The number of carbonyl (C=O) groups is 1. The highest BCUT2D eigenvalue weighted by Crippen LogP contribution is 2.09. The van der Waals surface area contributed by atoms with Gasteiger partial charge in [0.1, 0.15) is 5.78 Å². The standard InChI is InChI=1S/C10H21NO/c1-7(2)6-9(12)10(11-5)8(3)4/h7-8,10-11H,6H2,1-5H3/t10-/m0/s1. The summed E-state index contributed by atoms with van der Waals surface area (Å²) < 4.78 is 0. The molecule has 0 rings (SSSR count). The van der Waals surface area contributed by atoms with Crippen LogP contribution in [0.4, 0.5) is 0 Å². The number of carbonyl (C=O) groups excluding carboxylic acids is 1. The summed E-state index contributed by atoms with van der Waals surface area (Å²) in [7, 11) is 1.85. The lowest BCUT2D eigenvalue weighted by Gasteiger charge is -2.19. The molecule has 0 aromatic carbocycles. The van der Waals surface area contributed by atoms with Crippen LogP contribution in [0.1, 0.15) is 34.1 Å². The summed E-state index contributed by atoms with van der Waals surface area (Å²) >= 11 is 0. The summed E-state index contributed by atoms with van der Waals surface area (Å²) in [5, 5.41) is 3.06. The summed E-state index contributed by atoms with van der Waals surface area (Å²) in [5.74, 6) is 1.19. The molecule has 0 fully saturated rings. The second-order valence-corrected chi connectivity index (χ2v) is 4.07. The molecule has 0 aromatic rings. The predicted octanol–water partition coefficient (Wildman–Crippen LogP) is 1.85. The number of hydrogen-bond acceptors (Lipinski definition) is 2. The van der Waals surface area contributed by atoms with Crippen LogP contribution >= 0.6 is 0 Å². The molecule has 1 atom stereocenters. The maximum atomic E-state index is 11.6. The number of rotatable bonds is 5. The Hall–Kier alpha value is -0.370. The molecule has 0 aliphatic heterocycles. The Bertz CT molecular complexity index is 141. The Kier molecular flexibility index (Phi) is 5.14. The summed E-state index contributed by atoms with van der Waals surface area (Å²) in [6.45, 7) is 8.29. The van der Waals surface area contributed by atoms with Gasteiger partial charge < -0.3 is 5.32 Å². The molecule has 1 N–H and O–H groups in total. The average molecular weight is 171 g/mol. The molecule has 0 unspecified atom stereocenters. The SMILES string of the molecule is CN[C@H](C(=O)CC(C)C)C(C)C. The molecule has 0 heterocycles. The van der Waals surface area contributed by atoms with E-state index in [0.717, 1.165) is 0 Å². The molecule has 72 valence electrons. The molecule has 2 heteroatoms. The van der Waals surface area contributed by atoms with E-state index in [1.807, 2.05) is 7.05 Å². The molecule has 0 bridgehead atoms. The molecular formula is C10H21NO. The van der Waals surface area contributed by atoms with Crippen LogP contribution in [0.3, 0.4) is 0 Å². The van der Waals surface area contributed by atoms with E-state index < -0.39 is 0 Å². The fourth-order valence-electron chi connectivity index (χ4n) is 1.40. The maximum absolute atomic E-state index is 11.6. The predicted molar refractivity (Wildman–Crippen MR) is 52.1 cm³/mol. The average Bonchev–Trinajstić information content (AvgIpc) is 1.85. The third-order valence-electron chi connectivity index (χ3n) is 1.93. The van der Waals surface area contributed by atoms with E-state index in [-0.39, 0.29) is 6.04 Å². The van der Waals surface area contributed by atoms with Gasteiger partial charge in [0.15, 0.2) is 0 Å². The monoisotopic (exact) mass is 171 g/mol. The highest BCUT2D eigenvalue weighted by atomic mass is 16.1. The first-order valence-electron chi connectivity index (χ1n) is 4.69. The first kappa shape index (κ1) is 11.6. The largest absolute Gasteiger partial charge is 0.310 e. The molecule has 0 radical (unpaired) electrons. The molecule has 0 saturated heterocycles. The lowest BCUT2D eigenvalue weighted by molar-refractivity contribution is -0.122. The Labute approximate surface area is 75.7 Å². The van der Waals surface area contributed by atoms with Crippen LogP contribution < -0.4 is 5.32 Å². The zero-order valence-electron chi connectivity index (χ0n) is 8.85. The minimum Gasteiger partial charge on any atom is -0.310 e. The van der Waals surface area contributed by atoms with Gasteiger partial charge in [-0.2, -0.15) is 0 Å². The van der Waals surface area contributed by atoms with Crippen molar-refractivity contribution in [1.82, 2.24) is 5.32 Å². The van der Waals surface area contributed by atoms with Gasteiger partial charge in [-0.15, -0.1) is 0 Å². The van der Waals surface area contributed by atoms with Crippen LogP contribution in [0.2, 0.25) is 0 Å². The van der Waals surface area contributed by atoms with Crippen LogP contribution in [-0.2, 0) is 4.79 Å². The minimum absolute atomic E-state index is 0.0346. The molecule has 12 heavy (non-hydrogen) atoms. The number of nitrogens with one attached hydrogen (secondary N) is 1. The lowest BCUT2D eigenvalue weighted by Crippen LogP contribution is -2.39. The van der Waals surface area contributed by atoms with Crippen LogP contribution in [0.25, 0.3) is 0 Å². The summed E-state index contributed by atoms with van der Waals surface area (Å²) in [6.07, 6.45) is 0.684. The van der Waals surface area contributed by atoms with Gasteiger partial charge in [0, 0.05) is 6.42 Å². The van der Waals surface area contributed by atoms with Gasteiger partial charge in [0.05, 0.1) is 6.04 Å². The van der Waals surface area contributed by atoms with Crippen molar-refractivity contribution < 1.29 is 4.79 Å². The van der Waals surface area contributed by atoms with Gasteiger partial charge in [-0.1, -0.05) is 27.7 Å². The van der Waals surface area contributed by atoms with Crippen molar-refractivity contribution in [2.24, 2.45) is 11.8 Å². The highest BCUT2D eigenvalue weighted by Gasteiger charge is 2.19. The van der Waals surface area contributed by atoms with E-state index in [2.05, 4.69) is 33.0 Å². The van der Waals surface area contributed by atoms with E-state index in [1.165, 1.54) is 0 Å². The van der Waals surface area contributed by atoms with Gasteiger partial charge in [-0.05, 0) is 18.9 Å². The van der Waals surface area contributed by atoms with Crippen molar-refractivity contribution in [3.63, 3.8) is 0 Å². The van der Waals surface area contributed by atoms with E-state index in [9.17, 15) is 4.79 Å². The highest BCUT2D eigenvalue weighted by molar-refractivity contribution is 5.84. The Balaban J connectivity index is 4.04. The van der Waals surface area contributed by atoms with Crippen molar-refractivity contribution in [2.75, 3.05) is 7.05 Å². The molecule has 2 nitrogen and oxygen atoms in total. The van der Waals surface area contributed by atoms with Gasteiger partial charge in [-0.25, -0.2) is 0 Å². The molecule has 0 aliphatic carbocycles. The zero-order valence-corrected chi connectivity index (χ0v) is 8.85. The zero-order chi connectivity index (χ0) is 9.72. The van der Waals surface area contributed by atoms with Crippen molar-refractivity contribution >= 4 is 5.78 Å². The molecule has 0 spiro atoms. The second kappa shape index (κ2) is 5.31. The number of Topliss-reactive ketones (excluding diaryl/α,β-unsaturated/α-hetero) is 1. The number of likely N-dealkylation sites (N-methyl/N-ethyl adjacent to an activating group) is 1. The van der Waals surface area contributed by atoms with E-state index in [1.54, 1.807) is 0 Å². The van der Waals surface area contributed by atoms with Crippen molar-refractivity contribution in [1.29, 1.82) is 0 Å². The molecular weight excluding hydrogens is 150 g/mol. The van der Waals surface area contributed by atoms with Crippen LogP contribution in [0, 0.1) is 11.8 Å². The first-order valence-corrected chi connectivity index (χ1v) is 4.69. The Morgan fingerprint density at radius 3 is 2.00 bits per heavy atom. The van der Waals surface area contributed by atoms with Crippen LogP contribution in [-0.4, -0.2) is 18.9 Å². The first-order chi connectivity index (χ1) is 5.49. The summed E-state index contributed by atoms with van der Waals surface area (Å²) in [6, 6.07) is 0.0346. The smallest absolute Gasteiger partial charge is 0.150 e. The Morgan fingerprint density at radius 1 is 1.25 bits per heavy atom. The molecule has 0 amide bonds. The minimum atomic E-state index is 0.0346. The van der Waals surface area contributed by atoms with Gasteiger partial charge >= 0.3 is 0 Å². The quantitative estimate of drug-likeness (QED) is 0.684. The van der Waals surface area contributed by atoms with Gasteiger partial charge in [0.2, 0.25) is 0 Å². The lowest BCUT2D eigenvalue weighted by atomic mass is 9.94. The fraction of sp³-hybridized carbons (Fsp3) is 0.900. The fourth-order valence-corrected chi connectivity index (χ4v) is 1.40. The van der Waals surface area contributed by atoms with Crippen molar-refractivity contribution in [2.45, 2.75) is 40.2 Å². The van der Waals surface area contributed by atoms with E-state index in [0.29, 0.717) is 24.0 Å². The van der Waals surface area contributed by atoms with Gasteiger partial charge in [0.25, 0.3) is 0 Å². The number of ketones is 1. The topological polar surface area (TPSA) is 29.1 Å². The van der Waals surface area contributed by atoms with E-state index in [4.69, 9.17) is 0 Å². The second-order valence-electron chi connectivity index (χ2n) is 4.07. The Morgan fingerprint density at radius 2 is 1.75 bits per heavy atom. The van der Waals surface area contributed by atoms with E-state index >= 15 is 0 Å². The van der Waals surface area contributed by atoms with Crippen molar-refractivity contribution in [3.8, 4) is 0 Å². The normalized spacial score (nSPS) is 13.9. The van der Waals surface area contributed by atoms with Crippen molar-refractivity contribution in [3.05, 3.63) is 0 Å².